The van der Waals surface area contributed by atoms with Gasteiger partial charge in [-0.25, -0.2) is 5.43 Å². The monoisotopic (exact) mass is 413 g/mol. The molecule has 0 bridgehead atoms. The lowest BCUT2D eigenvalue weighted by Gasteiger charge is -2.10. The van der Waals surface area contributed by atoms with E-state index < -0.39 is 0 Å². The number of anilines is 1. The Hall–Kier alpha value is -2.91. The maximum Gasteiger partial charge on any atom is 0.250 e. The van der Waals surface area contributed by atoms with E-state index in [0.717, 1.165) is 11.1 Å². The van der Waals surface area contributed by atoms with Gasteiger partial charge in [-0.05, 0) is 30.2 Å². The van der Waals surface area contributed by atoms with Crippen LogP contribution in [0.2, 0.25) is 0 Å². The minimum absolute atomic E-state index is 0.178. The molecule has 9 heteroatoms. The molecule has 3 aromatic rings. The number of para-hydroxylation sites is 1. The summed E-state index contributed by atoms with van der Waals surface area (Å²) in [5.74, 6) is 0.632. The van der Waals surface area contributed by atoms with E-state index in [9.17, 15) is 4.79 Å². The van der Waals surface area contributed by atoms with E-state index in [1.54, 1.807) is 6.21 Å². The van der Waals surface area contributed by atoms with Crippen molar-refractivity contribution < 1.29 is 9.53 Å². The molecule has 0 spiro atoms. The number of hydrogen-bond acceptors (Lipinski definition) is 8. The normalized spacial score (nSPS) is 10.9. The molecule has 3 rings (SSSR count). The molecule has 0 aliphatic heterocycles. The van der Waals surface area contributed by atoms with Crippen molar-refractivity contribution in [3.8, 4) is 5.75 Å². The molecule has 1 amide bonds. The molecule has 0 fully saturated rings. The van der Waals surface area contributed by atoms with Crippen LogP contribution in [-0.2, 0) is 11.4 Å². The third kappa shape index (κ3) is 5.80. The van der Waals surface area contributed by atoms with Crippen LogP contribution in [0.1, 0.15) is 16.7 Å². The first-order valence-corrected chi connectivity index (χ1v) is 10.2. The second-order valence-electron chi connectivity index (χ2n) is 5.74. The van der Waals surface area contributed by atoms with Crippen LogP contribution in [-0.4, -0.2) is 28.1 Å². The largest absolute Gasteiger partial charge is 0.488 e. The number of aryl methyl sites for hydroxylation is 1. The maximum absolute atomic E-state index is 11.9. The lowest BCUT2D eigenvalue weighted by molar-refractivity contribution is -0.118. The average molecular weight is 414 g/mol. The van der Waals surface area contributed by atoms with E-state index in [1.165, 1.54) is 28.7 Å². The van der Waals surface area contributed by atoms with Gasteiger partial charge in [0.1, 0.15) is 12.4 Å². The number of ether oxygens (including phenoxy) is 1. The molecule has 0 unspecified atom stereocenters. The lowest BCUT2D eigenvalue weighted by Crippen LogP contribution is -2.19. The lowest BCUT2D eigenvalue weighted by atomic mass is 10.1. The highest BCUT2D eigenvalue weighted by molar-refractivity contribution is 8.01. The summed E-state index contributed by atoms with van der Waals surface area (Å²) in [7, 11) is 0. The Morgan fingerprint density at radius 2 is 2.04 bits per heavy atom. The SMILES string of the molecule is Cc1ccccc1COc1ccccc1C=NNC(=O)CSc1nnc(N)s1. The van der Waals surface area contributed by atoms with Gasteiger partial charge in [-0.1, -0.05) is 59.5 Å². The topological polar surface area (TPSA) is 102 Å². The van der Waals surface area contributed by atoms with Crippen molar-refractivity contribution >= 4 is 40.4 Å². The molecule has 1 aromatic heterocycles. The Kier molecular flexibility index (Phi) is 6.99. The summed E-state index contributed by atoms with van der Waals surface area (Å²) in [5.41, 5.74) is 11.1. The van der Waals surface area contributed by atoms with Crippen molar-refractivity contribution in [2.24, 2.45) is 5.10 Å². The van der Waals surface area contributed by atoms with Crippen LogP contribution in [0, 0.1) is 6.92 Å². The molecule has 2 aromatic carbocycles. The third-order valence-corrected chi connectivity index (χ3v) is 5.59. The molecular weight excluding hydrogens is 394 g/mol. The first kappa shape index (κ1) is 19.8. The zero-order valence-electron chi connectivity index (χ0n) is 15.2. The number of nitrogens with zero attached hydrogens (tertiary/aromatic N) is 3. The second-order valence-corrected chi connectivity index (χ2v) is 7.97. The van der Waals surface area contributed by atoms with Gasteiger partial charge in [-0.3, -0.25) is 4.79 Å². The van der Waals surface area contributed by atoms with Crippen molar-refractivity contribution in [1.82, 2.24) is 15.6 Å². The fourth-order valence-electron chi connectivity index (χ4n) is 2.26. The third-order valence-electron chi connectivity index (χ3n) is 3.71. The van der Waals surface area contributed by atoms with Crippen LogP contribution in [0.3, 0.4) is 0 Å². The zero-order chi connectivity index (χ0) is 19.8. The van der Waals surface area contributed by atoms with Gasteiger partial charge in [0.2, 0.25) is 5.13 Å². The smallest absolute Gasteiger partial charge is 0.250 e. The second kappa shape index (κ2) is 9.86. The molecule has 0 saturated carbocycles. The Morgan fingerprint density at radius 1 is 1.25 bits per heavy atom. The molecule has 7 nitrogen and oxygen atoms in total. The van der Waals surface area contributed by atoms with Crippen LogP contribution >= 0.6 is 23.1 Å². The van der Waals surface area contributed by atoms with Crippen molar-refractivity contribution in [1.29, 1.82) is 0 Å². The van der Waals surface area contributed by atoms with E-state index in [0.29, 0.717) is 21.8 Å². The molecule has 28 heavy (non-hydrogen) atoms. The number of nitrogens with two attached hydrogens (primary N) is 1. The van der Waals surface area contributed by atoms with E-state index >= 15 is 0 Å². The first-order chi connectivity index (χ1) is 13.6. The summed E-state index contributed by atoms with van der Waals surface area (Å²) < 4.78 is 6.58. The van der Waals surface area contributed by atoms with Gasteiger partial charge in [0.25, 0.3) is 5.91 Å². The first-order valence-electron chi connectivity index (χ1n) is 8.42. The number of carbonyl (C=O) groups excluding carboxylic acids is 1. The average Bonchev–Trinajstić information content (AvgIpc) is 3.12. The zero-order valence-corrected chi connectivity index (χ0v) is 16.8. The van der Waals surface area contributed by atoms with Crippen LogP contribution in [0.15, 0.2) is 58.0 Å². The molecule has 0 atom stereocenters. The molecule has 0 saturated heterocycles. The van der Waals surface area contributed by atoms with Gasteiger partial charge in [0, 0.05) is 5.56 Å². The highest BCUT2D eigenvalue weighted by Crippen LogP contribution is 2.23. The molecule has 0 aliphatic rings. The predicted molar refractivity (Wildman–Crippen MR) is 113 cm³/mol. The molecule has 0 radical (unpaired) electrons. The van der Waals surface area contributed by atoms with Gasteiger partial charge >= 0.3 is 0 Å². The fourth-order valence-corrected chi connectivity index (χ4v) is 3.69. The van der Waals surface area contributed by atoms with E-state index in [1.807, 2.05) is 42.5 Å². The van der Waals surface area contributed by atoms with Crippen LogP contribution < -0.4 is 15.9 Å². The van der Waals surface area contributed by atoms with Crippen LogP contribution in [0.25, 0.3) is 0 Å². The maximum atomic E-state index is 11.9. The number of hydrazone groups is 1. The number of hydrogen-bond donors (Lipinski definition) is 2. The summed E-state index contributed by atoms with van der Waals surface area (Å²) in [6, 6.07) is 15.6. The Morgan fingerprint density at radius 3 is 2.82 bits per heavy atom. The number of nitrogen functional groups attached to an aromatic ring is 1. The predicted octanol–water partition coefficient (Wildman–Crippen LogP) is 3.25. The van der Waals surface area contributed by atoms with Crippen molar-refractivity contribution in [3.05, 3.63) is 65.2 Å². The number of amides is 1. The minimum atomic E-state index is -0.242. The Labute approximate surface area is 171 Å². The van der Waals surface area contributed by atoms with Crippen molar-refractivity contribution in [2.45, 2.75) is 17.9 Å². The molecule has 0 aliphatic carbocycles. The fraction of sp³-hybridized carbons (Fsp3) is 0.158. The highest BCUT2D eigenvalue weighted by atomic mass is 32.2. The van der Waals surface area contributed by atoms with E-state index in [4.69, 9.17) is 10.5 Å². The minimum Gasteiger partial charge on any atom is -0.488 e. The van der Waals surface area contributed by atoms with Gasteiger partial charge in [-0.2, -0.15) is 5.10 Å². The number of thioether (sulfide) groups is 1. The Balaban J connectivity index is 1.53. The van der Waals surface area contributed by atoms with Gasteiger partial charge in [0.05, 0.1) is 12.0 Å². The quantitative estimate of drug-likeness (QED) is 0.334. The molecular formula is C19H19N5O2S2. The summed E-state index contributed by atoms with van der Waals surface area (Å²) in [6.07, 6.45) is 1.57. The van der Waals surface area contributed by atoms with Crippen LogP contribution in [0.4, 0.5) is 5.13 Å². The standard InChI is InChI=1S/C19H19N5O2S2/c1-13-6-2-3-8-15(13)11-26-16-9-5-4-7-14(16)10-21-22-17(25)12-27-19-24-23-18(20)28-19/h2-10H,11-12H2,1H3,(H2,20,23)(H,22,25). The van der Waals surface area contributed by atoms with E-state index in [-0.39, 0.29) is 11.7 Å². The Bertz CT molecular complexity index is 974. The number of aromatic nitrogens is 2. The summed E-state index contributed by atoms with van der Waals surface area (Å²) in [5, 5.41) is 11.9. The van der Waals surface area contributed by atoms with Gasteiger partial charge in [-0.15, -0.1) is 10.2 Å². The molecule has 3 N–H and O–H groups in total. The highest BCUT2D eigenvalue weighted by Gasteiger charge is 2.07. The molecule has 144 valence electrons. The number of carbonyl (C=O) groups is 1. The summed E-state index contributed by atoms with van der Waals surface area (Å²) in [4.78, 5) is 11.9. The number of rotatable bonds is 8. The van der Waals surface area contributed by atoms with Gasteiger partial charge < -0.3 is 10.5 Å². The van der Waals surface area contributed by atoms with E-state index in [2.05, 4.69) is 33.7 Å². The molecule has 1 heterocycles. The van der Waals surface area contributed by atoms with Crippen molar-refractivity contribution in [3.63, 3.8) is 0 Å². The summed E-state index contributed by atoms with van der Waals surface area (Å²) in [6.45, 7) is 2.52. The van der Waals surface area contributed by atoms with Crippen molar-refractivity contribution in [2.75, 3.05) is 11.5 Å². The number of nitrogens with one attached hydrogen (secondary N) is 1. The van der Waals surface area contributed by atoms with Gasteiger partial charge in [0.15, 0.2) is 4.34 Å². The summed E-state index contributed by atoms with van der Waals surface area (Å²) >= 11 is 2.50. The number of benzene rings is 2. The van der Waals surface area contributed by atoms with Crippen LogP contribution in [0.5, 0.6) is 5.75 Å².